The SMILES string of the molecule is CCCCCCCCCCCCCCCCCC[P+](C)(C)CC. The largest absolute Gasteiger partial charge is 0.0654 e. The molecule has 0 spiro atoms. The van der Waals surface area contributed by atoms with E-state index in [4.69, 9.17) is 0 Å². The second kappa shape index (κ2) is 17.3. The van der Waals surface area contributed by atoms with Crippen LogP contribution in [-0.2, 0) is 0 Å². The van der Waals surface area contributed by atoms with Gasteiger partial charge in [-0.15, -0.1) is 0 Å². The van der Waals surface area contributed by atoms with Crippen molar-refractivity contribution >= 4 is 7.26 Å². The number of unbranched alkanes of at least 4 members (excludes halogenated alkanes) is 15. The minimum absolute atomic E-state index is 0.512. The maximum absolute atomic E-state index is 2.53. The molecule has 0 bridgehead atoms. The first-order valence-corrected chi connectivity index (χ1v) is 14.0. The van der Waals surface area contributed by atoms with Gasteiger partial charge in [0.1, 0.15) is 0 Å². The first-order valence-electron chi connectivity index (χ1n) is 10.9. The molecule has 0 saturated heterocycles. The minimum atomic E-state index is -0.512. The van der Waals surface area contributed by atoms with E-state index < -0.39 is 7.26 Å². The molecule has 0 atom stereocenters. The van der Waals surface area contributed by atoms with Crippen LogP contribution in [0.1, 0.15) is 117 Å². The normalized spacial score (nSPS) is 12.0. The molecular formula is C22H48P+. The van der Waals surface area contributed by atoms with Crippen LogP contribution in [0.25, 0.3) is 0 Å². The summed E-state index contributed by atoms with van der Waals surface area (Å²) >= 11 is 0. The lowest BCUT2D eigenvalue weighted by Gasteiger charge is -2.15. The van der Waals surface area contributed by atoms with Crippen molar-refractivity contribution in [3.8, 4) is 0 Å². The Bertz CT molecular complexity index is 222. The van der Waals surface area contributed by atoms with Gasteiger partial charge in [-0.2, -0.15) is 0 Å². The second-order valence-corrected chi connectivity index (χ2v) is 13.2. The van der Waals surface area contributed by atoms with Crippen LogP contribution in [0.3, 0.4) is 0 Å². The standard InChI is InChI=1S/C22H48P/c1-5-7-8-9-10-11-12-13-14-15-16-17-18-19-20-21-22-23(3,4)6-2/h5-22H2,1-4H3/q+1. The van der Waals surface area contributed by atoms with Gasteiger partial charge in [-0.25, -0.2) is 0 Å². The van der Waals surface area contributed by atoms with E-state index in [1.807, 2.05) is 0 Å². The molecule has 0 aromatic heterocycles. The highest BCUT2D eigenvalue weighted by atomic mass is 31.2. The van der Waals surface area contributed by atoms with Gasteiger partial charge in [0.15, 0.2) is 0 Å². The van der Waals surface area contributed by atoms with Gasteiger partial charge in [0.2, 0.25) is 0 Å². The van der Waals surface area contributed by atoms with Crippen LogP contribution in [0, 0.1) is 0 Å². The van der Waals surface area contributed by atoms with Crippen molar-refractivity contribution in [2.45, 2.75) is 117 Å². The Kier molecular flexibility index (Phi) is 17.6. The Morgan fingerprint density at radius 1 is 0.435 bits per heavy atom. The zero-order valence-electron chi connectivity index (χ0n) is 17.2. The van der Waals surface area contributed by atoms with Crippen molar-refractivity contribution in [3.05, 3.63) is 0 Å². The summed E-state index contributed by atoms with van der Waals surface area (Å²) in [5, 5.41) is 0. The summed E-state index contributed by atoms with van der Waals surface area (Å²) in [6.45, 7) is 9.73. The van der Waals surface area contributed by atoms with E-state index in [9.17, 15) is 0 Å². The first kappa shape index (κ1) is 23.4. The van der Waals surface area contributed by atoms with Crippen molar-refractivity contribution in [1.29, 1.82) is 0 Å². The predicted molar refractivity (Wildman–Crippen MR) is 114 cm³/mol. The Morgan fingerprint density at radius 3 is 1.04 bits per heavy atom. The summed E-state index contributed by atoms with van der Waals surface area (Å²) < 4.78 is 0. The first-order chi connectivity index (χ1) is 11.1. The molecule has 0 aromatic rings. The second-order valence-electron chi connectivity index (χ2n) is 8.28. The van der Waals surface area contributed by atoms with Gasteiger partial charge in [0.05, 0.1) is 12.3 Å². The zero-order valence-corrected chi connectivity index (χ0v) is 18.1. The highest BCUT2D eigenvalue weighted by Gasteiger charge is 2.20. The molecule has 1 heteroatoms. The van der Waals surface area contributed by atoms with Gasteiger partial charge < -0.3 is 0 Å². The lowest BCUT2D eigenvalue weighted by atomic mass is 10.0. The summed E-state index contributed by atoms with van der Waals surface area (Å²) in [4.78, 5) is 0. The van der Waals surface area contributed by atoms with E-state index in [0.717, 1.165) is 0 Å². The summed E-state index contributed by atoms with van der Waals surface area (Å²) in [7, 11) is -0.512. The van der Waals surface area contributed by atoms with E-state index in [1.54, 1.807) is 0 Å². The Hall–Kier alpha value is 0.430. The van der Waals surface area contributed by atoms with Crippen LogP contribution in [0.5, 0.6) is 0 Å². The van der Waals surface area contributed by atoms with Crippen molar-refractivity contribution in [2.24, 2.45) is 0 Å². The number of rotatable bonds is 18. The third-order valence-electron chi connectivity index (χ3n) is 5.47. The molecule has 0 aliphatic heterocycles. The van der Waals surface area contributed by atoms with Crippen LogP contribution < -0.4 is 0 Å². The zero-order chi connectivity index (χ0) is 17.2. The summed E-state index contributed by atoms with van der Waals surface area (Å²) in [6, 6.07) is 0. The average molecular weight is 344 g/mol. The molecule has 0 aliphatic rings. The fourth-order valence-corrected chi connectivity index (χ4v) is 4.64. The summed E-state index contributed by atoms with van der Waals surface area (Å²) in [5.74, 6) is 0. The Morgan fingerprint density at radius 2 is 0.739 bits per heavy atom. The summed E-state index contributed by atoms with van der Waals surface area (Å²) in [6.07, 6.45) is 26.6. The fraction of sp³-hybridized carbons (Fsp3) is 1.00. The van der Waals surface area contributed by atoms with Gasteiger partial charge >= 0.3 is 0 Å². The lowest BCUT2D eigenvalue weighted by molar-refractivity contribution is 0.531. The molecule has 0 fully saturated rings. The van der Waals surface area contributed by atoms with E-state index in [1.165, 1.54) is 115 Å². The highest BCUT2D eigenvalue weighted by Crippen LogP contribution is 2.51. The monoisotopic (exact) mass is 343 g/mol. The van der Waals surface area contributed by atoms with Crippen LogP contribution >= 0.6 is 7.26 Å². The maximum atomic E-state index is 2.53. The van der Waals surface area contributed by atoms with Gasteiger partial charge in [0.25, 0.3) is 0 Å². The molecule has 0 saturated carbocycles. The van der Waals surface area contributed by atoms with Gasteiger partial charge in [0, 0.05) is 20.6 Å². The third-order valence-corrected chi connectivity index (χ3v) is 8.71. The molecule has 0 rings (SSSR count). The van der Waals surface area contributed by atoms with E-state index in [2.05, 4.69) is 27.2 Å². The molecule has 0 heterocycles. The van der Waals surface area contributed by atoms with Crippen LogP contribution in [-0.4, -0.2) is 25.7 Å². The topological polar surface area (TPSA) is 0 Å². The Balaban J connectivity index is 3.05. The highest BCUT2D eigenvalue weighted by molar-refractivity contribution is 7.74. The number of hydrogen-bond acceptors (Lipinski definition) is 0. The van der Waals surface area contributed by atoms with Crippen LogP contribution in [0.4, 0.5) is 0 Å². The smallest absolute Gasteiger partial charge is 0.0588 e. The molecule has 0 N–H and O–H groups in total. The van der Waals surface area contributed by atoms with Crippen LogP contribution in [0.2, 0.25) is 0 Å². The van der Waals surface area contributed by atoms with Crippen LogP contribution in [0.15, 0.2) is 0 Å². The van der Waals surface area contributed by atoms with Crippen molar-refractivity contribution in [2.75, 3.05) is 25.7 Å². The number of hydrogen-bond donors (Lipinski definition) is 0. The molecule has 0 amide bonds. The van der Waals surface area contributed by atoms with E-state index in [-0.39, 0.29) is 0 Å². The molecule has 23 heavy (non-hydrogen) atoms. The van der Waals surface area contributed by atoms with Crippen molar-refractivity contribution in [3.63, 3.8) is 0 Å². The molecule has 0 aromatic carbocycles. The summed E-state index contributed by atoms with van der Waals surface area (Å²) in [5.41, 5.74) is 0. The van der Waals surface area contributed by atoms with E-state index >= 15 is 0 Å². The lowest BCUT2D eigenvalue weighted by Crippen LogP contribution is -1.97. The molecule has 0 nitrogen and oxygen atoms in total. The third kappa shape index (κ3) is 18.6. The Labute approximate surface area is 149 Å². The predicted octanol–water partition coefficient (Wildman–Crippen LogP) is 8.55. The molecule has 0 aliphatic carbocycles. The minimum Gasteiger partial charge on any atom is -0.0654 e. The van der Waals surface area contributed by atoms with Crippen molar-refractivity contribution in [1.82, 2.24) is 0 Å². The quantitative estimate of drug-likeness (QED) is 0.173. The maximum Gasteiger partial charge on any atom is 0.0588 e. The molecular weight excluding hydrogens is 295 g/mol. The van der Waals surface area contributed by atoms with E-state index in [0.29, 0.717) is 0 Å². The average Bonchev–Trinajstić information content (AvgIpc) is 2.54. The van der Waals surface area contributed by atoms with Gasteiger partial charge in [-0.1, -0.05) is 96.8 Å². The molecule has 0 unspecified atom stereocenters. The molecule has 140 valence electrons. The van der Waals surface area contributed by atoms with Gasteiger partial charge in [-0.05, 0) is 19.8 Å². The fourth-order valence-electron chi connectivity index (χ4n) is 3.25. The molecule has 0 radical (unpaired) electrons. The van der Waals surface area contributed by atoms with Gasteiger partial charge in [-0.3, -0.25) is 0 Å². The van der Waals surface area contributed by atoms with Crippen molar-refractivity contribution < 1.29 is 0 Å².